The highest BCUT2D eigenvalue weighted by Crippen LogP contribution is 2.29. The third kappa shape index (κ3) is 3.90. The van der Waals surface area contributed by atoms with Gasteiger partial charge in [0, 0.05) is 24.4 Å². The number of aromatic nitrogens is 2. The van der Waals surface area contributed by atoms with Crippen LogP contribution in [0.3, 0.4) is 0 Å². The molecule has 30 heavy (non-hydrogen) atoms. The number of benzene rings is 3. The Balaban J connectivity index is 1.44. The minimum atomic E-state index is -0.352. The maximum Gasteiger partial charge on any atom is 0.216 e. The summed E-state index contributed by atoms with van der Waals surface area (Å²) in [5.74, 6) is 0.714. The molecule has 4 nitrogen and oxygen atoms in total. The Labute approximate surface area is 176 Å². The quantitative estimate of drug-likeness (QED) is 0.462. The predicted octanol–water partition coefficient (Wildman–Crippen LogP) is 5.01. The average Bonchev–Trinajstić information content (AvgIpc) is 3.46. The van der Waals surface area contributed by atoms with Crippen molar-refractivity contribution in [3.63, 3.8) is 0 Å². The van der Waals surface area contributed by atoms with Gasteiger partial charge in [-0.3, -0.25) is 0 Å². The van der Waals surface area contributed by atoms with Crippen LogP contribution < -0.4 is 0 Å². The van der Waals surface area contributed by atoms with Crippen LogP contribution in [0.25, 0.3) is 11.1 Å². The molecule has 3 aromatic carbocycles. The number of imidazole rings is 1. The van der Waals surface area contributed by atoms with Gasteiger partial charge in [0.2, 0.25) is 5.90 Å². The zero-order valence-electron chi connectivity index (χ0n) is 16.7. The molecular weight excluding hydrogens is 370 g/mol. The first-order chi connectivity index (χ1) is 14.8. The van der Waals surface area contributed by atoms with E-state index in [1.807, 2.05) is 24.7 Å². The van der Waals surface area contributed by atoms with E-state index in [2.05, 4.69) is 82.3 Å². The molecule has 0 fully saturated rings. The lowest BCUT2D eigenvalue weighted by molar-refractivity contribution is 0.233. The minimum absolute atomic E-state index is 0.352. The van der Waals surface area contributed by atoms with E-state index in [-0.39, 0.29) is 5.54 Å². The van der Waals surface area contributed by atoms with E-state index in [4.69, 9.17) is 9.73 Å². The van der Waals surface area contributed by atoms with E-state index in [9.17, 15) is 0 Å². The molecule has 1 aliphatic rings. The molecule has 0 saturated heterocycles. The van der Waals surface area contributed by atoms with Crippen LogP contribution in [0.15, 0.2) is 109 Å². The predicted molar refractivity (Wildman–Crippen MR) is 119 cm³/mol. The van der Waals surface area contributed by atoms with Crippen LogP contribution in [-0.2, 0) is 17.7 Å². The van der Waals surface area contributed by atoms with Gasteiger partial charge in [-0.25, -0.2) is 9.98 Å². The SMILES string of the molecule is c1ccc(CC2(Cn3ccnc3)COC(c3ccc(-c4ccccc4)cc3)=N2)cc1. The van der Waals surface area contributed by atoms with Gasteiger partial charge < -0.3 is 9.30 Å². The van der Waals surface area contributed by atoms with E-state index in [1.165, 1.54) is 16.7 Å². The topological polar surface area (TPSA) is 39.4 Å². The maximum absolute atomic E-state index is 6.14. The Hall–Kier alpha value is -3.66. The molecule has 0 N–H and O–H groups in total. The summed E-state index contributed by atoms with van der Waals surface area (Å²) >= 11 is 0. The Bertz CT molecular complexity index is 1120. The van der Waals surface area contributed by atoms with E-state index >= 15 is 0 Å². The van der Waals surface area contributed by atoms with Gasteiger partial charge in [0.05, 0.1) is 12.9 Å². The lowest BCUT2D eigenvalue weighted by atomic mass is 9.92. The first kappa shape index (κ1) is 18.4. The van der Waals surface area contributed by atoms with Gasteiger partial charge in [-0.1, -0.05) is 72.8 Å². The number of nitrogens with zero attached hydrogens (tertiary/aromatic N) is 3. The molecule has 1 aliphatic heterocycles. The van der Waals surface area contributed by atoms with Crippen LogP contribution >= 0.6 is 0 Å². The summed E-state index contributed by atoms with van der Waals surface area (Å²) in [5, 5.41) is 0. The third-order valence-corrected chi connectivity index (χ3v) is 5.47. The molecule has 5 rings (SSSR count). The van der Waals surface area contributed by atoms with Crippen molar-refractivity contribution in [1.82, 2.24) is 9.55 Å². The Morgan fingerprint density at radius 3 is 2.17 bits per heavy atom. The largest absolute Gasteiger partial charge is 0.475 e. The second-order valence-corrected chi connectivity index (χ2v) is 7.77. The lowest BCUT2D eigenvalue weighted by Crippen LogP contribution is -2.36. The Kier molecular flexibility index (Phi) is 4.89. The van der Waals surface area contributed by atoms with Crippen molar-refractivity contribution in [3.05, 3.63) is 115 Å². The summed E-state index contributed by atoms with van der Waals surface area (Å²) in [6, 6.07) is 29.3. The number of rotatable bonds is 6. The highest BCUT2D eigenvalue weighted by Gasteiger charge is 2.37. The molecule has 1 unspecified atom stereocenters. The lowest BCUT2D eigenvalue weighted by Gasteiger charge is -2.24. The summed E-state index contributed by atoms with van der Waals surface area (Å²) in [6.07, 6.45) is 6.44. The number of hydrogen-bond donors (Lipinski definition) is 0. The fraction of sp³-hybridized carbons (Fsp3) is 0.154. The van der Waals surface area contributed by atoms with Gasteiger partial charge in [-0.2, -0.15) is 0 Å². The van der Waals surface area contributed by atoms with Gasteiger partial charge in [0.1, 0.15) is 12.1 Å². The summed E-state index contributed by atoms with van der Waals surface area (Å²) < 4.78 is 8.22. The highest BCUT2D eigenvalue weighted by atomic mass is 16.5. The maximum atomic E-state index is 6.14. The zero-order valence-corrected chi connectivity index (χ0v) is 16.7. The molecule has 0 saturated carbocycles. The van der Waals surface area contributed by atoms with Crippen molar-refractivity contribution in [1.29, 1.82) is 0 Å². The number of ether oxygens (including phenoxy) is 1. The van der Waals surface area contributed by atoms with Crippen LogP contribution in [0.1, 0.15) is 11.1 Å². The van der Waals surface area contributed by atoms with Gasteiger partial charge in [-0.05, 0) is 28.8 Å². The fourth-order valence-corrected chi connectivity index (χ4v) is 3.99. The number of aliphatic imine (C=N–C) groups is 1. The van der Waals surface area contributed by atoms with Crippen LogP contribution in [0.5, 0.6) is 0 Å². The fourth-order valence-electron chi connectivity index (χ4n) is 3.99. The van der Waals surface area contributed by atoms with E-state index in [0.717, 1.165) is 18.5 Å². The van der Waals surface area contributed by atoms with Crippen molar-refractivity contribution < 1.29 is 4.74 Å². The molecule has 4 aromatic rings. The van der Waals surface area contributed by atoms with Crippen molar-refractivity contribution in [2.75, 3.05) is 6.61 Å². The van der Waals surface area contributed by atoms with Crippen molar-refractivity contribution >= 4 is 5.90 Å². The monoisotopic (exact) mass is 393 g/mol. The first-order valence-corrected chi connectivity index (χ1v) is 10.2. The van der Waals surface area contributed by atoms with Crippen LogP contribution in [0.2, 0.25) is 0 Å². The molecule has 4 heteroatoms. The van der Waals surface area contributed by atoms with E-state index < -0.39 is 0 Å². The summed E-state index contributed by atoms with van der Waals surface area (Å²) in [4.78, 5) is 9.30. The molecule has 0 radical (unpaired) electrons. The molecule has 0 bridgehead atoms. The van der Waals surface area contributed by atoms with Gasteiger partial charge in [-0.15, -0.1) is 0 Å². The van der Waals surface area contributed by atoms with Crippen LogP contribution in [0, 0.1) is 0 Å². The second-order valence-electron chi connectivity index (χ2n) is 7.77. The van der Waals surface area contributed by atoms with Crippen LogP contribution in [0.4, 0.5) is 0 Å². The third-order valence-electron chi connectivity index (χ3n) is 5.47. The zero-order chi connectivity index (χ0) is 20.2. The molecule has 1 atom stereocenters. The molecule has 0 aliphatic carbocycles. The molecule has 1 aromatic heterocycles. The summed E-state index contributed by atoms with van der Waals surface area (Å²) in [5.41, 5.74) is 4.31. The molecule has 0 spiro atoms. The van der Waals surface area contributed by atoms with Gasteiger partial charge >= 0.3 is 0 Å². The first-order valence-electron chi connectivity index (χ1n) is 10.2. The number of hydrogen-bond acceptors (Lipinski definition) is 3. The molecule has 0 amide bonds. The van der Waals surface area contributed by atoms with Crippen molar-refractivity contribution in [2.45, 2.75) is 18.5 Å². The summed E-state index contributed by atoms with van der Waals surface area (Å²) in [7, 11) is 0. The van der Waals surface area contributed by atoms with Gasteiger partial charge in [0.15, 0.2) is 0 Å². The molecule has 148 valence electrons. The highest BCUT2D eigenvalue weighted by molar-refractivity contribution is 5.96. The minimum Gasteiger partial charge on any atom is -0.475 e. The smallest absolute Gasteiger partial charge is 0.216 e. The van der Waals surface area contributed by atoms with Crippen molar-refractivity contribution in [2.24, 2.45) is 4.99 Å². The van der Waals surface area contributed by atoms with Crippen molar-refractivity contribution in [3.8, 4) is 11.1 Å². The summed E-state index contributed by atoms with van der Waals surface area (Å²) in [6.45, 7) is 1.28. The van der Waals surface area contributed by atoms with Crippen LogP contribution in [-0.4, -0.2) is 27.6 Å². The Morgan fingerprint density at radius 2 is 1.47 bits per heavy atom. The normalized spacial score (nSPS) is 18.1. The van der Waals surface area contributed by atoms with E-state index in [1.54, 1.807) is 6.20 Å². The molecular formula is C26H23N3O. The molecule has 2 heterocycles. The average molecular weight is 393 g/mol. The van der Waals surface area contributed by atoms with E-state index in [0.29, 0.717) is 12.5 Å². The standard InChI is InChI=1S/C26H23N3O/c1-3-7-21(8-4-1)17-26(18-29-16-15-27-20-29)19-30-25(28-26)24-13-11-23(12-14-24)22-9-5-2-6-10-22/h1-16,20H,17-19H2. The second kappa shape index (κ2) is 7.99. The Morgan fingerprint density at radius 1 is 0.800 bits per heavy atom. The van der Waals surface area contributed by atoms with Gasteiger partial charge in [0.25, 0.3) is 0 Å².